The topological polar surface area (TPSA) is 0 Å². The van der Waals surface area contributed by atoms with Gasteiger partial charge in [0.05, 0.1) is 0 Å². The third kappa shape index (κ3) is 1.33. The van der Waals surface area contributed by atoms with E-state index in [9.17, 15) is 0 Å². The summed E-state index contributed by atoms with van der Waals surface area (Å²) in [7, 11) is 0. The Morgan fingerprint density at radius 3 is 1.48 bits per heavy atom. The molecule has 18 rings (SSSR count). The predicted molar refractivity (Wildman–Crippen MR) is 191 cm³/mol. The van der Waals surface area contributed by atoms with Crippen LogP contribution in [-0.2, 0) is 24.7 Å². The zero-order chi connectivity index (χ0) is 28.2. The molecule has 0 heterocycles. The minimum atomic E-state index is 0.186. The summed E-state index contributed by atoms with van der Waals surface area (Å²) < 4.78 is 0. The highest BCUT2D eigenvalue weighted by Gasteiger charge is 2.71. The van der Waals surface area contributed by atoms with Crippen LogP contribution in [0.1, 0.15) is 56.3 Å². The molecule has 1 saturated carbocycles. The Morgan fingerprint density at radius 1 is 0.391 bits per heavy atom. The van der Waals surface area contributed by atoms with Gasteiger partial charge in [0, 0.05) is 17.3 Å². The molecule has 13 aromatic carbocycles. The summed E-state index contributed by atoms with van der Waals surface area (Å²) in [6, 6.07) is 25.0. The Balaban J connectivity index is 1.31. The summed E-state index contributed by atoms with van der Waals surface area (Å²) >= 11 is 0. The average Bonchev–Trinajstić information content (AvgIpc) is 3.68. The third-order valence-electron chi connectivity index (χ3n) is 15.4. The van der Waals surface area contributed by atoms with Crippen molar-refractivity contribution < 1.29 is 0 Å². The first-order valence-corrected chi connectivity index (χ1v) is 17.4. The summed E-state index contributed by atoms with van der Waals surface area (Å²) in [5.41, 5.74) is 13.2. The van der Waals surface area contributed by atoms with Crippen LogP contribution in [0.2, 0.25) is 0 Å². The molecule has 0 aliphatic heterocycles. The second kappa shape index (κ2) is 4.97. The van der Waals surface area contributed by atoms with E-state index in [1.54, 1.807) is 152 Å². The summed E-state index contributed by atoms with van der Waals surface area (Å²) in [5.74, 6) is 1.12. The quantitative estimate of drug-likeness (QED) is 0.172. The molecule has 0 nitrogen and oxygen atoms in total. The van der Waals surface area contributed by atoms with Crippen molar-refractivity contribution >= 4 is 118 Å². The van der Waals surface area contributed by atoms with E-state index >= 15 is 0 Å². The van der Waals surface area contributed by atoms with E-state index in [0.29, 0.717) is 11.8 Å². The van der Waals surface area contributed by atoms with Crippen molar-refractivity contribution in [3.05, 3.63) is 105 Å². The normalized spacial score (nSPS) is 23.9. The van der Waals surface area contributed by atoms with Gasteiger partial charge in [-0.05, 0) is 182 Å². The van der Waals surface area contributed by atoms with Crippen molar-refractivity contribution in [1.82, 2.24) is 0 Å². The highest BCUT2D eigenvalue weighted by Crippen LogP contribution is 2.81. The van der Waals surface area contributed by atoms with E-state index in [0.717, 1.165) is 12.8 Å². The first kappa shape index (κ1) is 19.3. The highest BCUT2D eigenvalue weighted by atomic mass is 14.7. The second-order valence-electron chi connectivity index (χ2n) is 16.5. The Hall–Kier alpha value is -5.20. The molecule has 1 spiro atoms. The molecule has 46 heavy (non-hydrogen) atoms. The lowest BCUT2D eigenvalue weighted by Crippen LogP contribution is -2.13. The molecule has 0 N–H and O–H groups in total. The van der Waals surface area contributed by atoms with E-state index in [2.05, 4.69) is 60.7 Å². The van der Waals surface area contributed by atoms with Gasteiger partial charge in [-0.15, -0.1) is 0 Å². The van der Waals surface area contributed by atoms with Crippen LogP contribution in [0.25, 0.3) is 118 Å². The standard InChI is InChI=1S/C46H18/c1-2-4-14(5-3-1)43-44-22-12-20-10-17-8-18-7-15-6-16-9-19-11-21-13-46(43,44)45-29(21)34-28(19)33-24(16)23(15)31-27(18)32-25(17)26(20)35-30(22)42(45)41-39(34)37(33)36(31)38(32)40(35)41/h1-5,7-9,11-12,43-44H,6,10,13H2. The molecule has 13 aromatic rings. The Bertz CT molecular complexity index is 3710. The van der Waals surface area contributed by atoms with Gasteiger partial charge in [-0.3, -0.25) is 0 Å². The zero-order valence-corrected chi connectivity index (χ0v) is 24.5. The summed E-state index contributed by atoms with van der Waals surface area (Å²) in [6.07, 6.45) is 3.37. The molecule has 5 aliphatic rings. The number of fused-ring (bicyclic) bond motifs is 1. The lowest BCUT2D eigenvalue weighted by atomic mass is 9.80. The molecule has 0 heteroatoms. The number of hydrogen-bond donors (Lipinski definition) is 0. The molecule has 3 atom stereocenters. The van der Waals surface area contributed by atoms with Crippen LogP contribution in [0.5, 0.6) is 0 Å². The maximum Gasteiger partial charge on any atom is 0.0156 e. The van der Waals surface area contributed by atoms with Crippen molar-refractivity contribution in [3.8, 4) is 0 Å². The monoisotopic (exact) mass is 570 g/mol. The fourth-order valence-corrected chi connectivity index (χ4v) is 14.6. The number of benzene rings is 10. The minimum Gasteiger partial charge on any atom is -0.0622 e. The van der Waals surface area contributed by atoms with Crippen LogP contribution >= 0.6 is 0 Å². The molecule has 0 amide bonds. The van der Waals surface area contributed by atoms with Gasteiger partial charge in [0.15, 0.2) is 0 Å². The Morgan fingerprint density at radius 2 is 0.870 bits per heavy atom. The predicted octanol–water partition coefficient (Wildman–Crippen LogP) is 11.4. The van der Waals surface area contributed by atoms with Crippen LogP contribution in [0.3, 0.4) is 0 Å². The van der Waals surface area contributed by atoms with Crippen molar-refractivity contribution in [3.63, 3.8) is 0 Å². The molecule has 0 radical (unpaired) electrons. The maximum absolute atomic E-state index is 2.75. The molecule has 5 aliphatic carbocycles. The van der Waals surface area contributed by atoms with Crippen molar-refractivity contribution in [1.29, 1.82) is 0 Å². The van der Waals surface area contributed by atoms with Gasteiger partial charge in [-0.25, -0.2) is 0 Å². The average molecular weight is 571 g/mol. The van der Waals surface area contributed by atoms with Gasteiger partial charge in [0.1, 0.15) is 0 Å². The third-order valence-corrected chi connectivity index (χ3v) is 15.4. The first-order chi connectivity index (χ1) is 22.8. The van der Waals surface area contributed by atoms with E-state index in [1.807, 2.05) is 0 Å². The largest absolute Gasteiger partial charge is 0.0622 e. The minimum absolute atomic E-state index is 0.186. The van der Waals surface area contributed by atoms with Gasteiger partial charge in [-0.1, -0.05) is 60.7 Å². The van der Waals surface area contributed by atoms with Crippen LogP contribution < -0.4 is 0 Å². The smallest absolute Gasteiger partial charge is 0.0156 e. The van der Waals surface area contributed by atoms with Crippen molar-refractivity contribution in [2.24, 2.45) is 0 Å². The van der Waals surface area contributed by atoms with Gasteiger partial charge >= 0.3 is 0 Å². The second-order valence-corrected chi connectivity index (χ2v) is 16.5. The van der Waals surface area contributed by atoms with Crippen molar-refractivity contribution in [2.45, 2.75) is 36.5 Å². The summed E-state index contributed by atoms with van der Waals surface area (Å²) in [4.78, 5) is 0. The molecule has 1 fully saturated rings. The van der Waals surface area contributed by atoms with E-state index in [-0.39, 0.29) is 5.41 Å². The van der Waals surface area contributed by atoms with Crippen LogP contribution in [0, 0.1) is 0 Å². The van der Waals surface area contributed by atoms with E-state index < -0.39 is 0 Å². The lowest BCUT2D eigenvalue weighted by molar-refractivity contribution is 0.676. The molecular weight excluding hydrogens is 553 g/mol. The highest BCUT2D eigenvalue weighted by molar-refractivity contribution is 6.65. The van der Waals surface area contributed by atoms with Crippen LogP contribution in [0.4, 0.5) is 0 Å². The Kier molecular flexibility index (Phi) is 2.09. The summed E-state index contributed by atoms with van der Waals surface area (Å²) in [6.45, 7) is 0. The van der Waals surface area contributed by atoms with Gasteiger partial charge < -0.3 is 0 Å². The molecular formula is C46H18. The van der Waals surface area contributed by atoms with Gasteiger partial charge in [0.2, 0.25) is 0 Å². The van der Waals surface area contributed by atoms with Crippen molar-refractivity contribution in [2.75, 3.05) is 0 Å². The first-order valence-electron chi connectivity index (χ1n) is 17.4. The maximum atomic E-state index is 2.75. The lowest BCUT2D eigenvalue weighted by Gasteiger charge is -2.21. The molecule has 202 valence electrons. The van der Waals surface area contributed by atoms with E-state index in [1.165, 1.54) is 17.2 Å². The molecule has 0 bridgehead atoms. The SMILES string of the molecule is c1ccc(C2C3c4cc5c6c7c(cc8cc9c%10c%11c(cc%12cc%13c%14c(c%15c4c6c4c%15c6c%14c%12c%11c6c6c%10c8c7c46)C23C%13)C9)C5)cc1. The van der Waals surface area contributed by atoms with Crippen LogP contribution in [0.15, 0.2) is 60.7 Å². The van der Waals surface area contributed by atoms with Gasteiger partial charge in [-0.2, -0.15) is 0 Å². The number of hydrogen-bond acceptors (Lipinski definition) is 0. The fourth-order valence-electron chi connectivity index (χ4n) is 14.6. The molecule has 3 unspecified atom stereocenters. The summed E-state index contributed by atoms with van der Waals surface area (Å²) in [5, 5.41) is 35.7. The van der Waals surface area contributed by atoms with Crippen LogP contribution in [-0.4, -0.2) is 0 Å². The Labute approximate surface area is 259 Å². The molecule has 0 aromatic heterocycles. The zero-order valence-electron chi connectivity index (χ0n) is 24.5. The van der Waals surface area contributed by atoms with E-state index in [4.69, 9.17) is 0 Å². The number of rotatable bonds is 1. The fraction of sp³-hybridized carbons (Fsp3) is 0.130. The molecule has 0 saturated heterocycles. The van der Waals surface area contributed by atoms with Gasteiger partial charge in [0.25, 0.3) is 0 Å².